The van der Waals surface area contributed by atoms with E-state index < -0.39 is 0 Å². The first-order valence-electron chi connectivity index (χ1n) is 6.61. The third-order valence-corrected chi connectivity index (χ3v) is 3.03. The van der Waals surface area contributed by atoms with Gasteiger partial charge >= 0.3 is 5.97 Å². The van der Waals surface area contributed by atoms with Crippen LogP contribution < -0.4 is 5.32 Å². The molecule has 1 aromatic rings. The summed E-state index contributed by atoms with van der Waals surface area (Å²) in [7, 11) is 1.36. The van der Waals surface area contributed by atoms with Crippen LogP contribution in [0.1, 0.15) is 28.9 Å². The first-order valence-corrected chi connectivity index (χ1v) is 6.61. The predicted molar refractivity (Wildman–Crippen MR) is 70.8 cm³/mol. The molecule has 19 heavy (non-hydrogen) atoms. The fourth-order valence-electron chi connectivity index (χ4n) is 1.66. The highest BCUT2D eigenvalue weighted by Crippen LogP contribution is 2.28. The van der Waals surface area contributed by atoms with Crippen LogP contribution in [0.15, 0.2) is 18.3 Å². The lowest BCUT2D eigenvalue weighted by Gasteiger charge is -2.06. The Kier molecular flexibility index (Phi) is 5.30. The van der Waals surface area contributed by atoms with Crippen LogP contribution in [0.5, 0.6) is 0 Å². The molecule has 104 valence electrons. The van der Waals surface area contributed by atoms with Gasteiger partial charge in [0.05, 0.1) is 25.0 Å². The van der Waals surface area contributed by atoms with Gasteiger partial charge in [0.1, 0.15) is 0 Å². The van der Waals surface area contributed by atoms with Gasteiger partial charge in [-0.25, -0.2) is 4.79 Å². The first-order chi connectivity index (χ1) is 9.29. The Morgan fingerprint density at radius 3 is 2.95 bits per heavy atom. The number of hydrogen-bond donors (Lipinski definition) is 1. The molecule has 0 bridgehead atoms. The third kappa shape index (κ3) is 4.96. The number of hydrogen-bond acceptors (Lipinski definition) is 5. The summed E-state index contributed by atoms with van der Waals surface area (Å²) < 4.78 is 10.1. The maximum Gasteiger partial charge on any atom is 0.339 e. The number of esters is 1. The molecule has 0 aliphatic heterocycles. The van der Waals surface area contributed by atoms with Crippen LogP contribution >= 0.6 is 0 Å². The molecule has 1 aliphatic carbocycles. The van der Waals surface area contributed by atoms with E-state index in [0.717, 1.165) is 31.4 Å². The highest BCUT2D eigenvalue weighted by atomic mass is 16.5. The van der Waals surface area contributed by atoms with E-state index in [9.17, 15) is 4.79 Å². The standard InChI is InChI=1S/C14H20N2O3/c1-18-14(17)12-4-5-13(16-8-12)9-15-6-7-19-10-11-2-3-11/h4-5,8,11,15H,2-3,6-7,9-10H2,1H3. The lowest BCUT2D eigenvalue weighted by atomic mass is 10.2. The van der Waals surface area contributed by atoms with E-state index in [-0.39, 0.29) is 5.97 Å². The van der Waals surface area contributed by atoms with Crippen molar-refractivity contribution in [3.63, 3.8) is 0 Å². The molecule has 1 aliphatic rings. The van der Waals surface area contributed by atoms with Gasteiger partial charge in [0.25, 0.3) is 0 Å². The van der Waals surface area contributed by atoms with Crippen molar-refractivity contribution in [3.05, 3.63) is 29.6 Å². The van der Waals surface area contributed by atoms with Crippen LogP contribution in [0.25, 0.3) is 0 Å². The first kappa shape index (κ1) is 14.0. The molecule has 0 amide bonds. The van der Waals surface area contributed by atoms with E-state index in [2.05, 4.69) is 15.0 Å². The Morgan fingerprint density at radius 2 is 2.32 bits per heavy atom. The number of carbonyl (C=O) groups is 1. The van der Waals surface area contributed by atoms with Gasteiger partial charge in [0.15, 0.2) is 0 Å². The Hall–Kier alpha value is -1.46. The second-order valence-electron chi connectivity index (χ2n) is 4.72. The molecular formula is C14H20N2O3. The zero-order valence-electron chi connectivity index (χ0n) is 11.2. The molecule has 1 fully saturated rings. The van der Waals surface area contributed by atoms with Crippen molar-refractivity contribution in [1.82, 2.24) is 10.3 Å². The summed E-state index contributed by atoms with van der Waals surface area (Å²) in [6.07, 6.45) is 4.18. The summed E-state index contributed by atoms with van der Waals surface area (Å²) in [6.45, 7) is 3.12. The van der Waals surface area contributed by atoms with E-state index >= 15 is 0 Å². The van der Waals surface area contributed by atoms with Crippen molar-refractivity contribution in [2.24, 2.45) is 5.92 Å². The van der Waals surface area contributed by atoms with Gasteiger partial charge < -0.3 is 14.8 Å². The van der Waals surface area contributed by atoms with Crippen LogP contribution in [-0.4, -0.2) is 37.8 Å². The quantitative estimate of drug-likeness (QED) is 0.568. The van der Waals surface area contributed by atoms with Gasteiger partial charge in [-0.2, -0.15) is 0 Å². The van der Waals surface area contributed by atoms with Crippen molar-refractivity contribution in [2.45, 2.75) is 19.4 Å². The maximum absolute atomic E-state index is 11.2. The Bertz CT molecular complexity index is 402. The summed E-state index contributed by atoms with van der Waals surface area (Å²) in [6, 6.07) is 3.55. The minimum atomic E-state index is -0.361. The largest absolute Gasteiger partial charge is 0.465 e. The minimum absolute atomic E-state index is 0.361. The second-order valence-corrected chi connectivity index (χ2v) is 4.72. The second kappa shape index (κ2) is 7.21. The van der Waals surface area contributed by atoms with E-state index in [4.69, 9.17) is 4.74 Å². The van der Waals surface area contributed by atoms with Crippen molar-refractivity contribution in [1.29, 1.82) is 0 Å². The third-order valence-electron chi connectivity index (χ3n) is 3.03. The van der Waals surface area contributed by atoms with Crippen LogP contribution in [0, 0.1) is 5.92 Å². The number of ether oxygens (including phenoxy) is 2. The summed E-state index contributed by atoms with van der Waals surface area (Å²) >= 11 is 0. The molecule has 5 nitrogen and oxygen atoms in total. The van der Waals surface area contributed by atoms with Gasteiger partial charge in [-0.15, -0.1) is 0 Å². The topological polar surface area (TPSA) is 60.5 Å². The summed E-state index contributed by atoms with van der Waals surface area (Å²) in [5, 5.41) is 3.25. The summed E-state index contributed by atoms with van der Waals surface area (Å²) in [5.41, 5.74) is 1.37. The number of carbonyl (C=O) groups excluding carboxylic acids is 1. The average Bonchev–Trinajstić information content (AvgIpc) is 3.26. The monoisotopic (exact) mass is 264 g/mol. The molecule has 0 atom stereocenters. The van der Waals surface area contributed by atoms with Crippen molar-refractivity contribution in [2.75, 3.05) is 26.9 Å². The Morgan fingerprint density at radius 1 is 1.47 bits per heavy atom. The van der Waals surface area contributed by atoms with Crippen molar-refractivity contribution in [3.8, 4) is 0 Å². The molecule has 1 heterocycles. The van der Waals surface area contributed by atoms with E-state index in [1.54, 1.807) is 6.07 Å². The molecule has 0 unspecified atom stereocenters. The lowest BCUT2D eigenvalue weighted by molar-refractivity contribution is 0.0600. The summed E-state index contributed by atoms with van der Waals surface area (Å²) in [4.78, 5) is 15.4. The summed E-state index contributed by atoms with van der Waals surface area (Å²) in [5.74, 6) is 0.452. The average molecular weight is 264 g/mol. The number of rotatable bonds is 8. The fraction of sp³-hybridized carbons (Fsp3) is 0.571. The van der Waals surface area contributed by atoms with E-state index in [0.29, 0.717) is 12.1 Å². The highest BCUT2D eigenvalue weighted by Gasteiger charge is 2.20. The van der Waals surface area contributed by atoms with Gasteiger partial charge in [0, 0.05) is 25.9 Å². The molecule has 1 aromatic heterocycles. The molecule has 1 N–H and O–H groups in total. The van der Waals surface area contributed by atoms with Crippen molar-refractivity contribution >= 4 is 5.97 Å². The highest BCUT2D eigenvalue weighted by molar-refractivity contribution is 5.88. The van der Waals surface area contributed by atoms with Crippen LogP contribution in [0.4, 0.5) is 0 Å². The molecule has 5 heteroatoms. The van der Waals surface area contributed by atoms with Crippen LogP contribution in [0.3, 0.4) is 0 Å². The molecule has 2 rings (SSSR count). The zero-order valence-corrected chi connectivity index (χ0v) is 11.2. The number of methoxy groups -OCH3 is 1. The van der Waals surface area contributed by atoms with Gasteiger partial charge in [-0.3, -0.25) is 4.98 Å². The van der Waals surface area contributed by atoms with Gasteiger partial charge in [0.2, 0.25) is 0 Å². The maximum atomic E-state index is 11.2. The smallest absolute Gasteiger partial charge is 0.339 e. The SMILES string of the molecule is COC(=O)c1ccc(CNCCOCC2CC2)nc1. The predicted octanol–water partition coefficient (Wildman–Crippen LogP) is 1.38. The van der Waals surface area contributed by atoms with E-state index in [1.165, 1.54) is 26.1 Å². The Balaban J connectivity index is 1.60. The molecule has 0 spiro atoms. The fourth-order valence-corrected chi connectivity index (χ4v) is 1.66. The molecule has 0 radical (unpaired) electrons. The molecule has 0 saturated heterocycles. The number of pyridine rings is 1. The van der Waals surface area contributed by atoms with E-state index in [1.807, 2.05) is 6.07 Å². The number of nitrogens with one attached hydrogen (secondary N) is 1. The number of nitrogens with zero attached hydrogens (tertiary/aromatic N) is 1. The number of aromatic nitrogens is 1. The zero-order chi connectivity index (χ0) is 13.5. The van der Waals surface area contributed by atoms with Crippen LogP contribution in [-0.2, 0) is 16.0 Å². The van der Waals surface area contributed by atoms with Crippen molar-refractivity contribution < 1.29 is 14.3 Å². The van der Waals surface area contributed by atoms with Gasteiger partial charge in [-0.05, 0) is 30.9 Å². The van der Waals surface area contributed by atoms with Gasteiger partial charge in [-0.1, -0.05) is 0 Å². The van der Waals surface area contributed by atoms with Crippen LogP contribution in [0.2, 0.25) is 0 Å². The molecule has 1 saturated carbocycles. The molecular weight excluding hydrogens is 244 g/mol. The lowest BCUT2D eigenvalue weighted by Crippen LogP contribution is -2.20. The molecule has 0 aromatic carbocycles. The Labute approximate surface area is 113 Å². The minimum Gasteiger partial charge on any atom is -0.465 e. The normalized spacial score (nSPS) is 14.4.